The highest BCUT2D eigenvalue weighted by molar-refractivity contribution is 7.92. The van der Waals surface area contributed by atoms with E-state index in [0.29, 0.717) is 12.2 Å². The minimum atomic E-state index is -3.72. The van der Waals surface area contributed by atoms with Crippen molar-refractivity contribution in [2.75, 3.05) is 11.8 Å². The van der Waals surface area contributed by atoms with Crippen LogP contribution in [0.25, 0.3) is 0 Å². The molecule has 4 nitrogen and oxygen atoms in total. The van der Waals surface area contributed by atoms with Crippen LogP contribution in [-0.4, -0.2) is 15.5 Å². The molecule has 6 heteroatoms. The molecule has 2 rings (SSSR count). The fraction of sp³-hybridized carbons (Fsp3) is 0.143. The van der Waals surface area contributed by atoms with Gasteiger partial charge in [-0.1, -0.05) is 18.2 Å². The minimum Gasteiger partial charge on any atom is -0.316 e. The number of anilines is 1. The monoisotopic (exact) mass is 294 g/mol. The Bertz CT molecular complexity index is 685. The van der Waals surface area contributed by atoms with Crippen LogP contribution < -0.4 is 10.0 Å². The first-order valence-corrected chi connectivity index (χ1v) is 7.52. The van der Waals surface area contributed by atoms with Crippen LogP contribution in [0.3, 0.4) is 0 Å². The Labute approximate surface area is 117 Å². The molecule has 0 bridgehead atoms. The summed E-state index contributed by atoms with van der Waals surface area (Å²) in [4.78, 5) is 0.0261. The van der Waals surface area contributed by atoms with Crippen molar-refractivity contribution in [2.24, 2.45) is 0 Å². The lowest BCUT2D eigenvalue weighted by atomic mass is 10.2. The smallest absolute Gasteiger partial charge is 0.261 e. The molecule has 0 unspecified atom stereocenters. The zero-order chi connectivity index (χ0) is 14.6. The first-order chi connectivity index (χ1) is 9.53. The predicted octanol–water partition coefficient (Wildman–Crippen LogP) is 2.35. The maximum absolute atomic E-state index is 12.8. The number of hydrogen-bond donors (Lipinski definition) is 2. The quantitative estimate of drug-likeness (QED) is 0.890. The summed E-state index contributed by atoms with van der Waals surface area (Å²) in [7, 11) is -1.93. The van der Waals surface area contributed by atoms with Crippen molar-refractivity contribution in [2.45, 2.75) is 11.4 Å². The van der Waals surface area contributed by atoms with Gasteiger partial charge in [-0.15, -0.1) is 0 Å². The van der Waals surface area contributed by atoms with Crippen molar-refractivity contribution in [3.05, 3.63) is 59.9 Å². The first kappa shape index (κ1) is 14.5. The Morgan fingerprint density at radius 3 is 2.35 bits per heavy atom. The molecule has 0 amide bonds. The molecule has 0 fully saturated rings. The van der Waals surface area contributed by atoms with E-state index in [-0.39, 0.29) is 4.90 Å². The van der Waals surface area contributed by atoms with Crippen LogP contribution in [-0.2, 0) is 16.6 Å². The summed E-state index contributed by atoms with van der Waals surface area (Å²) >= 11 is 0. The van der Waals surface area contributed by atoms with E-state index in [0.717, 1.165) is 17.7 Å². The van der Waals surface area contributed by atoms with E-state index in [1.807, 2.05) is 12.1 Å². The molecule has 0 radical (unpaired) electrons. The van der Waals surface area contributed by atoms with Crippen LogP contribution in [0.2, 0.25) is 0 Å². The average molecular weight is 294 g/mol. The molecule has 0 heterocycles. The third-order valence-electron chi connectivity index (χ3n) is 2.75. The summed E-state index contributed by atoms with van der Waals surface area (Å²) in [5.41, 5.74) is 1.34. The Morgan fingerprint density at radius 2 is 1.70 bits per heavy atom. The van der Waals surface area contributed by atoms with Gasteiger partial charge in [-0.2, -0.15) is 0 Å². The molecule has 0 saturated heterocycles. The lowest BCUT2D eigenvalue weighted by molar-refractivity contribution is 0.599. The van der Waals surface area contributed by atoms with Crippen molar-refractivity contribution < 1.29 is 12.8 Å². The summed E-state index contributed by atoms with van der Waals surface area (Å²) in [5.74, 6) is -0.473. The number of sulfonamides is 1. The molecule has 2 aromatic carbocycles. The Balaban J connectivity index is 2.31. The molecular weight excluding hydrogens is 279 g/mol. The maximum atomic E-state index is 12.8. The van der Waals surface area contributed by atoms with Gasteiger partial charge in [-0.05, 0) is 42.9 Å². The molecule has 0 atom stereocenters. The van der Waals surface area contributed by atoms with Crippen molar-refractivity contribution in [3.63, 3.8) is 0 Å². The highest BCUT2D eigenvalue weighted by Gasteiger charge is 2.15. The first-order valence-electron chi connectivity index (χ1n) is 6.04. The summed E-state index contributed by atoms with van der Waals surface area (Å²) < 4.78 is 39.8. The van der Waals surface area contributed by atoms with Crippen molar-refractivity contribution in [1.29, 1.82) is 0 Å². The molecular formula is C14H15FN2O2S. The zero-order valence-electron chi connectivity index (χ0n) is 10.9. The SMILES string of the molecule is CNCc1ccccc1NS(=O)(=O)c1ccc(F)cc1. The van der Waals surface area contributed by atoms with Gasteiger partial charge in [0.05, 0.1) is 10.6 Å². The van der Waals surface area contributed by atoms with Gasteiger partial charge in [0.25, 0.3) is 10.0 Å². The molecule has 0 aliphatic heterocycles. The summed E-state index contributed by atoms with van der Waals surface area (Å²) in [6, 6.07) is 11.8. The largest absolute Gasteiger partial charge is 0.316 e. The van der Waals surface area contributed by atoms with Gasteiger partial charge in [-0.25, -0.2) is 12.8 Å². The molecule has 2 aromatic rings. The zero-order valence-corrected chi connectivity index (χ0v) is 11.7. The summed E-state index contributed by atoms with van der Waals surface area (Å²) in [6.07, 6.45) is 0. The number of hydrogen-bond acceptors (Lipinski definition) is 3. The second-order valence-corrected chi connectivity index (χ2v) is 5.93. The predicted molar refractivity (Wildman–Crippen MR) is 76.4 cm³/mol. The van der Waals surface area contributed by atoms with E-state index in [9.17, 15) is 12.8 Å². The van der Waals surface area contributed by atoms with E-state index < -0.39 is 15.8 Å². The van der Waals surface area contributed by atoms with Gasteiger partial charge in [-0.3, -0.25) is 4.72 Å². The van der Waals surface area contributed by atoms with Gasteiger partial charge in [0.15, 0.2) is 0 Å². The molecule has 0 aliphatic carbocycles. The fourth-order valence-corrected chi connectivity index (χ4v) is 2.88. The lowest BCUT2D eigenvalue weighted by Crippen LogP contribution is -2.16. The molecule has 106 valence electrons. The van der Waals surface area contributed by atoms with Crippen LogP contribution in [0.5, 0.6) is 0 Å². The van der Waals surface area contributed by atoms with Gasteiger partial charge in [0.2, 0.25) is 0 Å². The van der Waals surface area contributed by atoms with Crippen LogP contribution in [0.1, 0.15) is 5.56 Å². The van der Waals surface area contributed by atoms with Gasteiger partial charge in [0.1, 0.15) is 5.82 Å². The minimum absolute atomic E-state index is 0.0261. The number of halogens is 1. The van der Waals surface area contributed by atoms with Crippen LogP contribution in [0, 0.1) is 5.82 Å². The van der Waals surface area contributed by atoms with Crippen LogP contribution in [0.4, 0.5) is 10.1 Å². The van der Waals surface area contributed by atoms with Crippen molar-refractivity contribution in [1.82, 2.24) is 5.32 Å². The van der Waals surface area contributed by atoms with E-state index in [4.69, 9.17) is 0 Å². The second kappa shape index (κ2) is 6.02. The molecule has 20 heavy (non-hydrogen) atoms. The number of para-hydroxylation sites is 1. The van der Waals surface area contributed by atoms with Gasteiger partial charge in [0, 0.05) is 6.54 Å². The Hall–Kier alpha value is -1.92. The molecule has 0 aliphatic rings. The summed E-state index contributed by atoms with van der Waals surface area (Å²) in [6.45, 7) is 0.544. The van der Waals surface area contributed by atoms with E-state index in [2.05, 4.69) is 10.0 Å². The van der Waals surface area contributed by atoms with E-state index in [1.165, 1.54) is 12.1 Å². The molecule has 2 N–H and O–H groups in total. The number of benzene rings is 2. The third-order valence-corrected chi connectivity index (χ3v) is 4.13. The van der Waals surface area contributed by atoms with Crippen molar-refractivity contribution in [3.8, 4) is 0 Å². The van der Waals surface area contributed by atoms with Crippen molar-refractivity contribution >= 4 is 15.7 Å². The van der Waals surface area contributed by atoms with Gasteiger partial charge >= 0.3 is 0 Å². The Kier molecular flexibility index (Phi) is 4.36. The lowest BCUT2D eigenvalue weighted by Gasteiger charge is -2.12. The number of nitrogens with one attached hydrogen (secondary N) is 2. The molecule has 0 spiro atoms. The van der Waals surface area contributed by atoms with Crippen LogP contribution in [0.15, 0.2) is 53.4 Å². The van der Waals surface area contributed by atoms with Crippen LogP contribution >= 0.6 is 0 Å². The third kappa shape index (κ3) is 3.34. The normalized spacial score (nSPS) is 11.3. The second-order valence-electron chi connectivity index (χ2n) is 4.25. The molecule has 0 saturated carbocycles. The fourth-order valence-electron chi connectivity index (χ4n) is 1.78. The standard InChI is InChI=1S/C14H15FN2O2S/c1-16-10-11-4-2-3-5-14(11)17-20(18,19)13-8-6-12(15)7-9-13/h2-9,16-17H,10H2,1H3. The molecule has 0 aromatic heterocycles. The average Bonchev–Trinajstić information content (AvgIpc) is 2.41. The van der Waals surface area contributed by atoms with Gasteiger partial charge < -0.3 is 5.32 Å². The van der Waals surface area contributed by atoms with E-state index in [1.54, 1.807) is 19.2 Å². The Morgan fingerprint density at radius 1 is 1.05 bits per heavy atom. The summed E-state index contributed by atoms with van der Waals surface area (Å²) in [5, 5.41) is 2.97. The van der Waals surface area contributed by atoms with E-state index >= 15 is 0 Å². The highest BCUT2D eigenvalue weighted by Crippen LogP contribution is 2.20. The highest BCUT2D eigenvalue weighted by atomic mass is 32.2. The maximum Gasteiger partial charge on any atom is 0.261 e. The number of rotatable bonds is 5. The topological polar surface area (TPSA) is 58.2 Å².